The molecule has 3 aromatic rings. The lowest BCUT2D eigenvalue weighted by Crippen LogP contribution is -2.53. The molecule has 1 fully saturated rings. The third kappa shape index (κ3) is 4.81. The maximum atomic E-state index is 11.6. The largest absolute Gasteiger partial charge is 0.488 e. The Kier molecular flexibility index (Phi) is 6.08. The van der Waals surface area contributed by atoms with E-state index in [4.69, 9.17) is 4.74 Å². The van der Waals surface area contributed by atoms with Crippen molar-refractivity contribution in [2.24, 2.45) is 0 Å². The standard InChI is InChI=1S/C27H31N3O3S/c1-19(2)30-13-12-22-5-4-20(14-26(22)30)16-29-17-25(18-29)33-24-9-6-21(7-10-24)23-8-11-27(28-15-23)34(3,31)32/h4-11,14-15,19,25H,12-13,16-18H2,1-3H3. The Balaban J connectivity index is 1.14. The van der Waals surface area contributed by atoms with Gasteiger partial charge in [0.15, 0.2) is 14.9 Å². The van der Waals surface area contributed by atoms with Gasteiger partial charge in [0, 0.05) is 55.9 Å². The lowest BCUT2D eigenvalue weighted by molar-refractivity contribution is 0.0146. The molecule has 2 aliphatic heterocycles. The second kappa shape index (κ2) is 9.04. The third-order valence-electron chi connectivity index (χ3n) is 6.64. The SMILES string of the molecule is CC(C)N1CCc2ccc(CN3CC(Oc4ccc(-c5ccc(S(C)(=O)=O)nc5)cc4)C3)cc21. The normalized spacial score (nSPS) is 16.5. The Morgan fingerprint density at radius 2 is 1.76 bits per heavy atom. The molecule has 6 nitrogen and oxygen atoms in total. The quantitative estimate of drug-likeness (QED) is 0.509. The summed E-state index contributed by atoms with van der Waals surface area (Å²) in [7, 11) is -3.29. The summed E-state index contributed by atoms with van der Waals surface area (Å²) < 4.78 is 29.3. The summed E-state index contributed by atoms with van der Waals surface area (Å²) in [5.74, 6) is 0.847. The minimum absolute atomic E-state index is 0.0860. The van der Waals surface area contributed by atoms with Gasteiger partial charge in [-0.15, -0.1) is 0 Å². The van der Waals surface area contributed by atoms with E-state index in [1.165, 1.54) is 16.8 Å². The molecule has 0 bridgehead atoms. The van der Waals surface area contributed by atoms with Crippen molar-refractivity contribution >= 4 is 15.5 Å². The van der Waals surface area contributed by atoms with Gasteiger partial charge in [0.25, 0.3) is 0 Å². The van der Waals surface area contributed by atoms with E-state index in [2.05, 4.69) is 46.8 Å². The highest BCUT2D eigenvalue weighted by Gasteiger charge is 2.29. The predicted molar refractivity (Wildman–Crippen MR) is 135 cm³/mol. The zero-order chi connectivity index (χ0) is 23.9. The van der Waals surface area contributed by atoms with Crippen molar-refractivity contribution in [3.63, 3.8) is 0 Å². The van der Waals surface area contributed by atoms with Crippen molar-refractivity contribution in [3.05, 3.63) is 71.9 Å². The predicted octanol–water partition coefficient (Wildman–Crippen LogP) is 4.19. The first-order valence-corrected chi connectivity index (χ1v) is 13.7. The maximum absolute atomic E-state index is 11.6. The summed E-state index contributed by atoms with van der Waals surface area (Å²) in [4.78, 5) is 8.99. The number of anilines is 1. The van der Waals surface area contributed by atoms with Crippen molar-refractivity contribution in [1.29, 1.82) is 0 Å². The summed E-state index contributed by atoms with van der Waals surface area (Å²) in [5, 5.41) is 0.0860. The molecule has 0 aliphatic carbocycles. The lowest BCUT2D eigenvalue weighted by atomic mass is 10.1. The number of pyridine rings is 1. The van der Waals surface area contributed by atoms with Gasteiger partial charge in [-0.25, -0.2) is 13.4 Å². The number of sulfone groups is 1. The van der Waals surface area contributed by atoms with Crippen LogP contribution in [0.5, 0.6) is 5.75 Å². The summed E-state index contributed by atoms with van der Waals surface area (Å²) in [6.07, 6.45) is 4.10. The zero-order valence-corrected chi connectivity index (χ0v) is 20.8. The maximum Gasteiger partial charge on any atom is 0.192 e. The summed E-state index contributed by atoms with van der Waals surface area (Å²) >= 11 is 0. The molecule has 0 radical (unpaired) electrons. The minimum Gasteiger partial charge on any atom is -0.488 e. The molecule has 2 aliphatic rings. The molecule has 3 heterocycles. The number of rotatable bonds is 7. The van der Waals surface area contributed by atoms with Crippen LogP contribution in [0.25, 0.3) is 11.1 Å². The lowest BCUT2D eigenvalue weighted by Gasteiger charge is -2.39. The highest BCUT2D eigenvalue weighted by atomic mass is 32.2. The Morgan fingerprint density at radius 3 is 2.41 bits per heavy atom. The van der Waals surface area contributed by atoms with E-state index in [1.807, 2.05) is 24.3 Å². The van der Waals surface area contributed by atoms with Crippen LogP contribution in [-0.4, -0.2) is 56.3 Å². The third-order valence-corrected chi connectivity index (χ3v) is 7.64. The van der Waals surface area contributed by atoms with Crippen LogP contribution in [0, 0.1) is 0 Å². The topological polar surface area (TPSA) is 62.7 Å². The molecule has 0 unspecified atom stereocenters. The van der Waals surface area contributed by atoms with E-state index >= 15 is 0 Å². The molecule has 7 heteroatoms. The van der Waals surface area contributed by atoms with Gasteiger partial charge in [-0.05, 0) is 67.3 Å². The molecular formula is C27H31N3O3S. The van der Waals surface area contributed by atoms with Gasteiger partial charge in [0.05, 0.1) is 0 Å². The van der Waals surface area contributed by atoms with Crippen molar-refractivity contribution in [1.82, 2.24) is 9.88 Å². The van der Waals surface area contributed by atoms with E-state index in [1.54, 1.807) is 18.3 Å². The van der Waals surface area contributed by atoms with Crippen molar-refractivity contribution < 1.29 is 13.2 Å². The second-order valence-corrected chi connectivity index (χ2v) is 11.6. The zero-order valence-electron chi connectivity index (χ0n) is 19.9. The molecule has 1 saturated heterocycles. The Morgan fingerprint density at radius 1 is 1.03 bits per heavy atom. The van der Waals surface area contributed by atoms with E-state index in [0.29, 0.717) is 6.04 Å². The number of benzene rings is 2. The molecule has 0 spiro atoms. The molecule has 5 rings (SSSR count). The van der Waals surface area contributed by atoms with Gasteiger partial charge in [-0.3, -0.25) is 4.90 Å². The van der Waals surface area contributed by atoms with Gasteiger partial charge in [-0.2, -0.15) is 0 Å². The number of hydrogen-bond donors (Lipinski definition) is 0. The Labute approximate surface area is 202 Å². The van der Waals surface area contributed by atoms with Gasteiger partial charge in [0.1, 0.15) is 11.9 Å². The molecule has 2 aromatic carbocycles. The summed E-state index contributed by atoms with van der Waals surface area (Å²) in [6.45, 7) is 8.44. The average Bonchev–Trinajstić information content (AvgIpc) is 3.21. The molecule has 0 saturated carbocycles. The van der Waals surface area contributed by atoms with Gasteiger partial charge >= 0.3 is 0 Å². The Hall–Kier alpha value is -2.90. The van der Waals surface area contributed by atoms with E-state index < -0.39 is 9.84 Å². The molecule has 34 heavy (non-hydrogen) atoms. The first kappa shape index (κ1) is 22.9. The fraction of sp³-hybridized carbons (Fsp3) is 0.370. The smallest absolute Gasteiger partial charge is 0.192 e. The summed E-state index contributed by atoms with van der Waals surface area (Å²) in [5.41, 5.74) is 6.08. The Bertz CT molecular complexity index is 1270. The van der Waals surface area contributed by atoms with E-state index in [-0.39, 0.29) is 11.1 Å². The molecule has 1 aromatic heterocycles. The number of hydrogen-bond acceptors (Lipinski definition) is 6. The van der Waals surface area contributed by atoms with Gasteiger partial charge in [0.2, 0.25) is 0 Å². The number of aromatic nitrogens is 1. The van der Waals surface area contributed by atoms with Crippen LogP contribution in [0.1, 0.15) is 25.0 Å². The summed E-state index contributed by atoms with van der Waals surface area (Å²) in [6, 6.07) is 18.7. The van der Waals surface area contributed by atoms with Crippen molar-refractivity contribution in [2.45, 2.75) is 44.0 Å². The monoisotopic (exact) mass is 477 g/mol. The number of ether oxygens (including phenoxy) is 1. The highest BCUT2D eigenvalue weighted by molar-refractivity contribution is 7.90. The van der Waals surface area contributed by atoms with Crippen LogP contribution >= 0.6 is 0 Å². The molecule has 0 amide bonds. The van der Waals surface area contributed by atoms with Gasteiger partial charge in [-0.1, -0.05) is 24.3 Å². The number of nitrogens with zero attached hydrogens (tertiary/aromatic N) is 3. The highest BCUT2D eigenvalue weighted by Crippen LogP contribution is 2.32. The van der Waals surface area contributed by atoms with Crippen LogP contribution < -0.4 is 9.64 Å². The fourth-order valence-corrected chi connectivity index (χ4v) is 5.32. The van der Waals surface area contributed by atoms with Crippen LogP contribution in [0.3, 0.4) is 0 Å². The number of fused-ring (bicyclic) bond motifs is 1. The minimum atomic E-state index is -3.29. The number of likely N-dealkylation sites (tertiary alicyclic amines) is 1. The van der Waals surface area contributed by atoms with Crippen LogP contribution in [-0.2, 0) is 22.8 Å². The van der Waals surface area contributed by atoms with Crippen molar-refractivity contribution in [2.75, 3.05) is 30.8 Å². The average molecular weight is 478 g/mol. The molecule has 0 N–H and O–H groups in total. The molecular weight excluding hydrogens is 446 g/mol. The van der Waals surface area contributed by atoms with E-state index in [0.717, 1.165) is 55.7 Å². The van der Waals surface area contributed by atoms with Crippen LogP contribution in [0.4, 0.5) is 5.69 Å². The van der Waals surface area contributed by atoms with Gasteiger partial charge < -0.3 is 9.64 Å². The van der Waals surface area contributed by atoms with Crippen LogP contribution in [0.2, 0.25) is 0 Å². The first-order chi connectivity index (χ1) is 16.3. The van der Waals surface area contributed by atoms with Crippen molar-refractivity contribution in [3.8, 4) is 16.9 Å². The first-order valence-electron chi connectivity index (χ1n) is 11.8. The second-order valence-electron chi connectivity index (χ2n) is 9.62. The van der Waals surface area contributed by atoms with E-state index in [9.17, 15) is 8.42 Å². The van der Waals surface area contributed by atoms with Crippen LogP contribution in [0.15, 0.2) is 65.8 Å². The fourth-order valence-electron chi connectivity index (χ4n) is 4.76. The molecule has 0 atom stereocenters. The molecule has 178 valence electrons.